The van der Waals surface area contributed by atoms with Crippen LogP contribution in [0, 0.1) is 12.8 Å². The van der Waals surface area contributed by atoms with E-state index in [2.05, 4.69) is 19.2 Å². The lowest BCUT2D eigenvalue weighted by molar-refractivity contribution is -0.113. The number of benzene rings is 1. The number of anilines is 1. The summed E-state index contributed by atoms with van der Waals surface area (Å²) >= 11 is 7.69. The zero-order valence-corrected chi connectivity index (χ0v) is 14.0. The summed E-state index contributed by atoms with van der Waals surface area (Å²) in [5.74, 6) is 2.70. The molecule has 1 aromatic carbocycles. The highest BCUT2D eigenvalue weighted by Crippen LogP contribution is 2.31. The summed E-state index contributed by atoms with van der Waals surface area (Å²) in [6, 6.07) is 3.55. The van der Waals surface area contributed by atoms with Crippen molar-refractivity contribution in [2.75, 3.05) is 23.9 Å². The Morgan fingerprint density at radius 1 is 1.45 bits per heavy atom. The van der Waals surface area contributed by atoms with Crippen LogP contribution in [0.5, 0.6) is 5.75 Å². The van der Waals surface area contributed by atoms with Crippen LogP contribution in [0.4, 0.5) is 5.69 Å². The van der Waals surface area contributed by atoms with Gasteiger partial charge in [-0.15, -0.1) is 0 Å². The summed E-state index contributed by atoms with van der Waals surface area (Å²) in [5, 5.41) is 3.50. The van der Waals surface area contributed by atoms with E-state index in [0.29, 0.717) is 28.1 Å². The normalized spacial score (nSPS) is 10.7. The summed E-state index contributed by atoms with van der Waals surface area (Å²) in [7, 11) is 1.56. The molecule has 0 aliphatic heterocycles. The van der Waals surface area contributed by atoms with Crippen LogP contribution in [0.1, 0.15) is 25.8 Å². The molecule has 0 saturated heterocycles. The van der Waals surface area contributed by atoms with Gasteiger partial charge in [0, 0.05) is 11.1 Å². The highest BCUT2D eigenvalue weighted by atomic mass is 35.5. The van der Waals surface area contributed by atoms with Gasteiger partial charge in [-0.1, -0.05) is 25.4 Å². The minimum atomic E-state index is -0.0150. The highest BCUT2D eigenvalue weighted by Gasteiger charge is 2.10. The second-order valence-electron chi connectivity index (χ2n) is 5.08. The lowest BCUT2D eigenvalue weighted by Gasteiger charge is -2.12. The Balaban J connectivity index is 2.55. The van der Waals surface area contributed by atoms with Gasteiger partial charge in [0.05, 0.1) is 18.6 Å². The quantitative estimate of drug-likeness (QED) is 0.759. The van der Waals surface area contributed by atoms with E-state index in [1.54, 1.807) is 24.9 Å². The van der Waals surface area contributed by atoms with Crippen LogP contribution in [0.2, 0.25) is 5.02 Å². The first-order chi connectivity index (χ1) is 9.43. The Labute approximate surface area is 130 Å². The van der Waals surface area contributed by atoms with Crippen molar-refractivity contribution in [2.24, 2.45) is 5.92 Å². The van der Waals surface area contributed by atoms with Crippen LogP contribution in [0.15, 0.2) is 12.1 Å². The molecule has 5 heteroatoms. The molecule has 0 fully saturated rings. The Morgan fingerprint density at radius 2 is 2.15 bits per heavy atom. The maximum atomic E-state index is 11.9. The average Bonchev–Trinajstić information content (AvgIpc) is 2.38. The minimum Gasteiger partial charge on any atom is -0.495 e. The fraction of sp³-hybridized carbons (Fsp3) is 0.533. The molecule has 1 aromatic rings. The fourth-order valence-corrected chi connectivity index (χ4v) is 2.79. The number of carbonyl (C=O) groups excluding carboxylic acids is 1. The molecule has 0 saturated carbocycles. The second-order valence-corrected chi connectivity index (χ2v) is 6.60. The van der Waals surface area contributed by atoms with Crippen molar-refractivity contribution in [3.05, 3.63) is 22.7 Å². The van der Waals surface area contributed by atoms with Crippen molar-refractivity contribution >= 4 is 35.0 Å². The maximum absolute atomic E-state index is 11.9. The molecule has 0 spiro atoms. The number of nitrogens with one attached hydrogen (secondary N) is 1. The topological polar surface area (TPSA) is 38.3 Å². The van der Waals surface area contributed by atoms with Crippen LogP contribution >= 0.6 is 23.4 Å². The third kappa shape index (κ3) is 5.63. The van der Waals surface area contributed by atoms with Gasteiger partial charge in [0.1, 0.15) is 5.75 Å². The lowest BCUT2D eigenvalue weighted by Crippen LogP contribution is -2.15. The summed E-state index contributed by atoms with van der Waals surface area (Å²) in [5.41, 5.74) is 1.58. The number of rotatable bonds is 7. The molecule has 0 bridgehead atoms. The molecule has 0 aliphatic carbocycles. The van der Waals surface area contributed by atoms with Gasteiger partial charge in [0.2, 0.25) is 5.91 Å². The first kappa shape index (κ1) is 17.2. The number of methoxy groups -OCH3 is 1. The van der Waals surface area contributed by atoms with Gasteiger partial charge >= 0.3 is 0 Å². The number of hydrogen-bond acceptors (Lipinski definition) is 3. The molecule has 0 unspecified atom stereocenters. The SMILES string of the molecule is COc1cc(Cl)c(C)cc1NC(=O)CSCCC(C)C. The summed E-state index contributed by atoms with van der Waals surface area (Å²) in [6.07, 6.45) is 1.13. The predicted molar refractivity (Wildman–Crippen MR) is 88.2 cm³/mol. The first-order valence-corrected chi connectivity index (χ1v) is 8.19. The van der Waals surface area contributed by atoms with E-state index >= 15 is 0 Å². The van der Waals surface area contributed by atoms with E-state index in [0.717, 1.165) is 17.7 Å². The molecular weight excluding hydrogens is 294 g/mol. The molecule has 0 atom stereocenters. The van der Waals surface area contributed by atoms with E-state index in [1.165, 1.54) is 0 Å². The van der Waals surface area contributed by atoms with Crippen molar-refractivity contribution in [1.29, 1.82) is 0 Å². The molecule has 0 aromatic heterocycles. The van der Waals surface area contributed by atoms with E-state index in [1.807, 2.05) is 13.0 Å². The van der Waals surface area contributed by atoms with Crippen LogP contribution < -0.4 is 10.1 Å². The maximum Gasteiger partial charge on any atom is 0.234 e. The molecule has 0 aliphatic rings. The standard InChI is InChI=1S/C15H22ClNO2S/c1-10(2)5-6-20-9-15(18)17-13-7-11(3)12(16)8-14(13)19-4/h7-8,10H,5-6,9H2,1-4H3,(H,17,18). The van der Waals surface area contributed by atoms with E-state index < -0.39 is 0 Å². The smallest absolute Gasteiger partial charge is 0.234 e. The summed E-state index contributed by atoms with van der Waals surface area (Å²) in [6.45, 7) is 6.26. The third-order valence-corrected chi connectivity index (χ3v) is 4.23. The molecular formula is C15H22ClNO2S. The van der Waals surface area contributed by atoms with Crippen LogP contribution in [0.3, 0.4) is 0 Å². The van der Waals surface area contributed by atoms with Crippen LogP contribution in [0.25, 0.3) is 0 Å². The van der Waals surface area contributed by atoms with Gasteiger partial charge in [-0.2, -0.15) is 11.8 Å². The number of ether oxygens (including phenoxy) is 1. The van der Waals surface area contributed by atoms with Gasteiger partial charge in [-0.3, -0.25) is 4.79 Å². The lowest BCUT2D eigenvalue weighted by atomic mass is 10.2. The zero-order chi connectivity index (χ0) is 15.1. The van der Waals surface area contributed by atoms with Crippen LogP contribution in [-0.4, -0.2) is 24.5 Å². The molecule has 1 N–H and O–H groups in total. The second kappa shape index (κ2) is 8.42. The summed E-state index contributed by atoms with van der Waals surface area (Å²) < 4.78 is 5.23. The van der Waals surface area contributed by atoms with Crippen molar-refractivity contribution in [3.8, 4) is 5.75 Å². The van der Waals surface area contributed by atoms with Gasteiger partial charge < -0.3 is 10.1 Å². The van der Waals surface area contributed by atoms with Crippen LogP contribution in [-0.2, 0) is 4.79 Å². The van der Waals surface area contributed by atoms with Crippen molar-refractivity contribution in [1.82, 2.24) is 0 Å². The zero-order valence-electron chi connectivity index (χ0n) is 12.5. The number of carbonyl (C=O) groups is 1. The largest absolute Gasteiger partial charge is 0.495 e. The molecule has 112 valence electrons. The average molecular weight is 316 g/mol. The Morgan fingerprint density at radius 3 is 2.75 bits per heavy atom. The molecule has 1 amide bonds. The van der Waals surface area contributed by atoms with Crippen molar-refractivity contribution in [3.63, 3.8) is 0 Å². The monoisotopic (exact) mass is 315 g/mol. The first-order valence-electron chi connectivity index (χ1n) is 6.65. The van der Waals surface area contributed by atoms with Gasteiger partial charge in [0.15, 0.2) is 0 Å². The van der Waals surface area contributed by atoms with Gasteiger partial charge in [-0.05, 0) is 36.6 Å². The number of aryl methyl sites for hydroxylation is 1. The fourth-order valence-electron chi connectivity index (χ4n) is 1.60. The Kier molecular flexibility index (Phi) is 7.24. The number of halogens is 1. The number of hydrogen-bond donors (Lipinski definition) is 1. The molecule has 3 nitrogen and oxygen atoms in total. The predicted octanol–water partition coefficient (Wildman–Crippen LogP) is 4.37. The molecule has 20 heavy (non-hydrogen) atoms. The number of thioether (sulfide) groups is 1. The minimum absolute atomic E-state index is 0.0150. The number of amides is 1. The van der Waals surface area contributed by atoms with E-state index in [4.69, 9.17) is 16.3 Å². The van der Waals surface area contributed by atoms with E-state index in [-0.39, 0.29) is 5.91 Å². The third-order valence-electron chi connectivity index (χ3n) is 2.83. The van der Waals surface area contributed by atoms with E-state index in [9.17, 15) is 4.79 Å². The Bertz CT molecular complexity index is 463. The van der Waals surface area contributed by atoms with Gasteiger partial charge in [0.25, 0.3) is 0 Å². The Hall–Kier alpha value is -0.870. The molecule has 1 rings (SSSR count). The molecule has 0 heterocycles. The van der Waals surface area contributed by atoms with Crippen molar-refractivity contribution in [2.45, 2.75) is 27.2 Å². The molecule has 0 radical (unpaired) electrons. The summed E-state index contributed by atoms with van der Waals surface area (Å²) in [4.78, 5) is 11.9. The van der Waals surface area contributed by atoms with Gasteiger partial charge in [-0.25, -0.2) is 0 Å². The van der Waals surface area contributed by atoms with Crippen molar-refractivity contribution < 1.29 is 9.53 Å². The highest BCUT2D eigenvalue weighted by molar-refractivity contribution is 7.99.